The standard InChI is InChI=1S/C18H18FN7O/c19-12-3-4-15-21-8-14(25(15)10-12)16-22-7-13-17(24-16)26(18(27)23-13)9-11-2-1-5-20-6-11/h3-4,7-8,10-11,20H,1-2,5-6,9H2,(H,23,27). The minimum Gasteiger partial charge on any atom is -0.316 e. The smallest absolute Gasteiger partial charge is 0.316 e. The van der Waals surface area contributed by atoms with Crippen molar-refractivity contribution in [2.24, 2.45) is 5.92 Å². The molecule has 1 atom stereocenters. The highest BCUT2D eigenvalue weighted by Crippen LogP contribution is 2.20. The Morgan fingerprint density at radius 2 is 2.19 bits per heavy atom. The number of piperidine rings is 1. The second-order valence-corrected chi connectivity index (χ2v) is 6.90. The van der Waals surface area contributed by atoms with Crippen molar-refractivity contribution < 1.29 is 4.39 Å². The molecule has 4 aromatic rings. The maximum Gasteiger partial charge on any atom is 0.327 e. The van der Waals surface area contributed by atoms with Crippen molar-refractivity contribution >= 4 is 16.8 Å². The van der Waals surface area contributed by atoms with Crippen LogP contribution < -0.4 is 11.0 Å². The Hall–Kier alpha value is -3.07. The molecule has 0 aromatic carbocycles. The Morgan fingerprint density at radius 1 is 1.26 bits per heavy atom. The van der Waals surface area contributed by atoms with E-state index >= 15 is 0 Å². The van der Waals surface area contributed by atoms with Gasteiger partial charge in [0.1, 0.15) is 22.7 Å². The van der Waals surface area contributed by atoms with Gasteiger partial charge < -0.3 is 10.3 Å². The van der Waals surface area contributed by atoms with Crippen LogP contribution in [-0.4, -0.2) is 42.0 Å². The molecular weight excluding hydrogens is 349 g/mol. The normalized spacial score (nSPS) is 17.7. The Morgan fingerprint density at radius 3 is 3.04 bits per heavy atom. The number of nitrogens with zero attached hydrogens (tertiary/aromatic N) is 5. The molecule has 9 heteroatoms. The number of H-pyrrole nitrogens is 1. The quantitative estimate of drug-likeness (QED) is 0.573. The molecule has 2 N–H and O–H groups in total. The molecule has 5 heterocycles. The summed E-state index contributed by atoms with van der Waals surface area (Å²) in [5.74, 6) is 0.417. The highest BCUT2D eigenvalue weighted by molar-refractivity contribution is 5.72. The number of hydrogen-bond donors (Lipinski definition) is 2. The largest absolute Gasteiger partial charge is 0.327 e. The summed E-state index contributed by atoms with van der Waals surface area (Å²) in [6.45, 7) is 2.52. The summed E-state index contributed by atoms with van der Waals surface area (Å²) in [7, 11) is 0. The summed E-state index contributed by atoms with van der Waals surface area (Å²) in [5, 5.41) is 3.37. The van der Waals surface area contributed by atoms with Crippen LogP contribution >= 0.6 is 0 Å². The van der Waals surface area contributed by atoms with Gasteiger partial charge in [-0.1, -0.05) is 0 Å². The maximum atomic E-state index is 13.6. The molecule has 1 fully saturated rings. The summed E-state index contributed by atoms with van der Waals surface area (Å²) >= 11 is 0. The van der Waals surface area contributed by atoms with Crippen molar-refractivity contribution in [3.8, 4) is 11.5 Å². The average molecular weight is 367 g/mol. The number of halogens is 1. The third-order valence-corrected chi connectivity index (χ3v) is 5.05. The van der Waals surface area contributed by atoms with Gasteiger partial charge in [-0.2, -0.15) is 0 Å². The molecular formula is C18H18FN7O. The van der Waals surface area contributed by atoms with E-state index in [2.05, 4.69) is 25.3 Å². The molecule has 138 valence electrons. The van der Waals surface area contributed by atoms with Crippen LogP contribution in [0.3, 0.4) is 0 Å². The van der Waals surface area contributed by atoms with Gasteiger partial charge in [0.25, 0.3) is 0 Å². The molecule has 0 saturated carbocycles. The Kier molecular flexibility index (Phi) is 3.75. The summed E-state index contributed by atoms with van der Waals surface area (Å²) in [6, 6.07) is 2.96. The first-order valence-electron chi connectivity index (χ1n) is 8.98. The van der Waals surface area contributed by atoms with Crippen LogP contribution in [0.1, 0.15) is 12.8 Å². The third-order valence-electron chi connectivity index (χ3n) is 5.05. The van der Waals surface area contributed by atoms with E-state index in [4.69, 9.17) is 0 Å². The monoisotopic (exact) mass is 367 g/mol. The first kappa shape index (κ1) is 16.1. The van der Waals surface area contributed by atoms with Crippen molar-refractivity contribution in [2.75, 3.05) is 13.1 Å². The average Bonchev–Trinajstić information content (AvgIpc) is 3.23. The van der Waals surface area contributed by atoms with E-state index in [-0.39, 0.29) is 11.5 Å². The van der Waals surface area contributed by atoms with Gasteiger partial charge in [0.15, 0.2) is 11.5 Å². The van der Waals surface area contributed by atoms with Gasteiger partial charge >= 0.3 is 5.69 Å². The van der Waals surface area contributed by atoms with Gasteiger partial charge in [0.05, 0.1) is 12.4 Å². The highest BCUT2D eigenvalue weighted by Gasteiger charge is 2.18. The predicted molar refractivity (Wildman–Crippen MR) is 97.9 cm³/mol. The maximum absolute atomic E-state index is 13.6. The van der Waals surface area contributed by atoms with E-state index in [9.17, 15) is 9.18 Å². The Bertz CT molecular complexity index is 1190. The van der Waals surface area contributed by atoms with E-state index in [1.54, 1.807) is 27.4 Å². The molecule has 0 amide bonds. The summed E-state index contributed by atoms with van der Waals surface area (Å²) in [4.78, 5) is 28.4. The van der Waals surface area contributed by atoms with Crippen molar-refractivity contribution in [3.05, 3.63) is 47.0 Å². The molecule has 1 aliphatic rings. The second kappa shape index (κ2) is 6.27. The molecule has 1 saturated heterocycles. The number of rotatable bonds is 3. The van der Waals surface area contributed by atoms with E-state index in [0.717, 1.165) is 25.9 Å². The van der Waals surface area contributed by atoms with Crippen LogP contribution in [0.25, 0.3) is 28.3 Å². The van der Waals surface area contributed by atoms with Crippen LogP contribution in [0, 0.1) is 11.7 Å². The van der Waals surface area contributed by atoms with Gasteiger partial charge in [0, 0.05) is 12.7 Å². The number of aromatic nitrogens is 6. The fourth-order valence-corrected chi connectivity index (χ4v) is 3.70. The lowest BCUT2D eigenvalue weighted by atomic mass is 10.00. The van der Waals surface area contributed by atoms with Gasteiger partial charge in [-0.25, -0.2) is 24.1 Å². The highest BCUT2D eigenvalue weighted by atomic mass is 19.1. The molecule has 0 radical (unpaired) electrons. The van der Waals surface area contributed by atoms with E-state index in [1.807, 2.05) is 0 Å². The zero-order chi connectivity index (χ0) is 18.4. The minimum atomic E-state index is -0.369. The Balaban J connectivity index is 1.60. The zero-order valence-electron chi connectivity index (χ0n) is 14.5. The van der Waals surface area contributed by atoms with Crippen LogP contribution in [0.5, 0.6) is 0 Å². The van der Waals surface area contributed by atoms with Crippen molar-refractivity contribution in [3.63, 3.8) is 0 Å². The summed E-state index contributed by atoms with van der Waals surface area (Å²) in [6.07, 6.45) is 6.73. The molecule has 1 aliphatic heterocycles. The first-order chi connectivity index (χ1) is 13.2. The topological polar surface area (TPSA) is 92.9 Å². The summed E-state index contributed by atoms with van der Waals surface area (Å²) < 4.78 is 16.9. The van der Waals surface area contributed by atoms with Crippen molar-refractivity contribution in [2.45, 2.75) is 19.4 Å². The fourth-order valence-electron chi connectivity index (χ4n) is 3.70. The van der Waals surface area contributed by atoms with Crippen LogP contribution in [0.2, 0.25) is 0 Å². The van der Waals surface area contributed by atoms with Gasteiger partial charge in [-0.3, -0.25) is 8.97 Å². The van der Waals surface area contributed by atoms with Crippen molar-refractivity contribution in [1.29, 1.82) is 0 Å². The first-order valence-corrected chi connectivity index (χ1v) is 8.98. The number of fused-ring (bicyclic) bond motifs is 2. The molecule has 27 heavy (non-hydrogen) atoms. The zero-order valence-corrected chi connectivity index (χ0v) is 14.5. The summed E-state index contributed by atoms with van der Waals surface area (Å²) in [5.41, 5.74) is 2.14. The SMILES string of the molecule is O=c1[nH]c2cnc(-c3cnc4ccc(F)cn34)nc2n1CC1CCCNC1. The van der Waals surface area contributed by atoms with Gasteiger partial charge in [-0.15, -0.1) is 0 Å². The number of pyridine rings is 1. The van der Waals surface area contributed by atoms with Gasteiger partial charge in [-0.05, 0) is 44.0 Å². The molecule has 0 bridgehead atoms. The van der Waals surface area contributed by atoms with E-state index < -0.39 is 0 Å². The Labute approximate surface area is 153 Å². The molecule has 0 aliphatic carbocycles. The van der Waals surface area contributed by atoms with Crippen molar-refractivity contribution in [1.82, 2.24) is 34.2 Å². The van der Waals surface area contributed by atoms with Crippen LogP contribution in [-0.2, 0) is 6.54 Å². The molecule has 4 aromatic heterocycles. The minimum absolute atomic E-state index is 0.189. The lowest BCUT2D eigenvalue weighted by Crippen LogP contribution is -2.34. The molecule has 5 rings (SSSR count). The third kappa shape index (κ3) is 2.80. The predicted octanol–water partition coefficient (Wildman–Crippen LogP) is 1.57. The van der Waals surface area contributed by atoms with Crippen LogP contribution in [0.15, 0.2) is 35.5 Å². The number of hydrogen-bond acceptors (Lipinski definition) is 5. The van der Waals surface area contributed by atoms with Crippen LogP contribution in [0.4, 0.5) is 4.39 Å². The van der Waals surface area contributed by atoms with Gasteiger partial charge in [0.2, 0.25) is 0 Å². The number of aromatic amines is 1. The lowest BCUT2D eigenvalue weighted by Gasteiger charge is -2.22. The van der Waals surface area contributed by atoms with E-state index in [1.165, 1.54) is 12.3 Å². The number of nitrogens with one attached hydrogen (secondary N) is 2. The second-order valence-electron chi connectivity index (χ2n) is 6.90. The fraction of sp³-hybridized carbons (Fsp3) is 0.333. The molecule has 1 unspecified atom stereocenters. The molecule has 8 nitrogen and oxygen atoms in total. The molecule has 0 spiro atoms. The number of imidazole rings is 2. The van der Waals surface area contributed by atoms with E-state index in [0.29, 0.717) is 40.8 Å². The lowest BCUT2D eigenvalue weighted by molar-refractivity contribution is 0.337.